The summed E-state index contributed by atoms with van der Waals surface area (Å²) in [4.78, 5) is 11.1. The van der Waals surface area contributed by atoms with Crippen LogP contribution < -0.4 is 10.5 Å². The van der Waals surface area contributed by atoms with E-state index in [-0.39, 0.29) is 5.75 Å². The normalized spacial score (nSPS) is 12.1. The molecule has 0 unspecified atom stereocenters. The molecule has 82 valence electrons. The van der Waals surface area contributed by atoms with E-state index in [0.717, 1.165) is 12.1 Å². The monoisotopic (exact) mass is 213 g/mol. The average Bonchev–Trinajstić information content (AvgIpc) is 2.18. The minimum Gasteiger partial charge on any atom is -0.504 e. The van der Waals surface area contributed by atoms with Gasteiger partial charge >= 0.3 is 5.97 Å². The molecule has 0 saturated heterocycles. The van der Waals surface area contributed by atoms with Gasteiger partial charge in [-0.1, -0.05) is 0 Å². The van der Waals surface area contributed by atoms with E-state index in [1.165, 1.54) is 6.92 Å². The number of nitrogens with two attached hydrogens (primary N) is 1. The Morgan fingerprint density at radius 3 is 2.47 bits per heavy atom. The summed E-state index contributed by atoms with van der Waals surface area (Å²) in [6, 6.07) is 1.38. The Bertz CT molecular complexity index is 388. The Morgan fingerprint density at radius 2 is 1.93 bits per heavy atom. The molecule has 1 atom stereocenters. The van der Waals surface area contributed by atoms with Crippen molar-refractivity contribution in [1.29, 1.82) is 0 Å². The summed E-state index contributed by atoms with van der Waals surface area (Å²) in [7, 11) is 0. The Kier molecular flexibility index (Phi) is 3.01. The molecule has 15 heavy (non-hydrogen) atoms. The fourth-order valence-electron chi connectivity index (χ4n) is 0.834. The van der Waals surface area contributed by atoms with Crippen molar-refractivity contribution in [3.8, 4) is 23.0 Å². The van der Waals surface area contributed by atoms with E-state index in [4.69, 9.17) is 15.9 Å². The lowest BCUT2D eigenvalue weighted by molar-refractivity contribution is -0.135. The van der Waals surface area contributed by atoms with Gasteiger partial charge in [0, 0.05) is 0 Å². The highest BCUT2D eigenvalue weighted by molar-refractivity contribution is 5.78. The predicted molar refractivity (Wildman–Crippen MR) is 50.7 cm³/mol. The molecule has 0 saturated carbocycles. The van der Waals surface area contributed by atoms with E-state index < -0.39 is 29.3 Å². The van der Waals surface area contributed by atoms with Crippen LogP contribution in [0.2, 0.25) is 0 Å². The quantitative estimate of drug-likeness (QED) is 0.314. The second kappa shape index (κ2) is 4.05. The molecule has 0 amide bonds. The van der Waals surface area contributed by atoms with Crippen molar-refractivity contribution in [3.63, 3.8) is 0 Å². The minimum atomic E-state index is -0.847. The van der Waals surface area contributed by atoms with E-state index in [2.05, 4.69) is 4.74 Å². The second-order valence-corrected chi connectivity index (χ2v) is 2.99. The Labute approximate surface area is 85.5 Å². The summed E-state index contributed by atoms with van der Waals surface area (Å²) in [6.07, 6.45) is 0. The summed E-state index contributed by atoms with van der Waals surface area (Å²) in [6.45, 7) is 1.42. The molecule has 1 aromatic rings. The van der Waals surface area contributed by atoms with Gasteiger partial charge in [0.2, 0.25) is 11.5 Å². The fraction of sp³-hybridized carbons (Fsp3) is 0.222. The summed E-state index contributed by atoms with van der Waals surface area (Å²) in [5.41, 5.74) is 5.23. The number of hydrogen-bond donors (Lipinski definition) is 4. The van der Waals surface area contributed by atoms with Crippen LogP contribution in [0.5, 0.6) is 23.0 Å². The predicted octanol–water partition coefficient (Wildman–Crippen LogP) is 0.0560. The molecular weight excluding hydrogens is 202 g/mol. The molecule has 1 rings (SSSR count). The molecule has 5 N–H and O–H groups in total. The largest absolute Gasteiger partial charge is 0.504 e. The first-order valence-electron chi connectivity index (χ1n) is 4.14. The molecule has 0 radical (unpaired) electrons. The summed E-state index contributed by atoms with van der Waals surface area (Å²) in [5, 5.41) is 27.4. The Morgan fingerprint density at radius 1 is 1.33 bits per heavy atom. The number of rotatable bonds is 2. The van der Waals surface area contributed by atoms with Gasteiger partial charge in [-0.25, -0.2) is 4.79 Å². The standard InChI is InChI=1S/C9H11NO5/c1-4(10)9(14)15-6-3-2-5(11)7(12)8(6)13/h2-4,11-13H,10H2,1H3/t4-/m0/s1. The smallest absolute Gasteiger partial charge is 0.328 e. The van der Waals surface area contributed by atoms with Crippen LogP contribution in [-0.2, 0) is 4.79 Å². The highest BCUT2D eigenvalue weighted by atomic mass is 16.5. The number of esters is 1. The average molecular weight is 213 g/mol. The molecule has 1 aromatic carbocycles. The van der Waals surface area contributed by atoms with Crippen LogP contribution in [0.3, 0.4) is 0 Å². The topological polar surface area (TPSA) is 113 Å². The molecule has 0 aromatic heterocycles. The van der Waals surface area contributed by atoms with Gasteiger partial charge in [0.1, 0.15) is 6.04 Å². The van der Waals surface area contributed by atoms with Gasteiger partial charge in [-0.3, -0.25) is 0 Å². The van der Waals surface area contributed by atoms with Gasteiger partial charge < -0.3 is 25.8 Å². The van der Waals surface area contributed by atoms with Crippen LogP contribution in [0, 0.1) is 0 Å². The number of hydrogen-bond acceptors (Lipinski definition) is 6. The van der Waals surface area contributed by atoms with Gasteiger partial charge in [0.15, 0.2) is 11.5 Å². The SMILES string of the molecule is C[C@H](N)C(=O)Oc1ccc(O)c(O)c1O. The van der Waals surface area contributed by atoms with Crippen molar-refractivity contribution in [2.75, 3.05) is 0 Å². The molecule has 0 bridgehead atoms. The van der Waals surface area contributed by atoms with Crippen molar-refractivity contribution in [1.82, 2.24) is 0 Å². The summed E-state index contributed by atoms with van der Waals surface area (Å²) < 4.78 is 4.66. The third-order valence-electron chi connectivity index (χ3n) is 1.68. The number of phenols is 3. The van der Waals surface area contributed by atoms with Crippen molar-refractivity contribution in [2.45, 2.75) is 13.0 Å². The van der Waals surface area contributed by atoms with Crippen molar-refractivity contribution in [2.24, 2.45) is 5.73 Å². The first-order valence-corrected chi connectivity index (χ1v) is 4.14. The van der Waals surface area contributed by atoms with Gasteiger partial charge in [0.25, 0.3) is 0 Å². The molecule has 6 nitrogen and oxygen atoms in total. The number of carbonyl (C=O) groups excluding carboxylic acids is 1. The number of benzene rings is 1. The zero-order valence-electron chi connectivity index (χ0n) is 7.97. The van der Waals surface area contributed by atoms with Crippen molar-refractivity contribution in [3.05, 3.63) is 12.1 Å². The lowest BCUT2D eigenvalue weighted by Gasteiger charge is -2.09. The maximum absolute atomic E-state index is 11.1. The number of phenolic OH excluding ortho intramolecular Hbond substituents is 3. The molecule has 0 heterocycles. The molecule has 0 spiro atoms. The molecule has 0 aliphatic heterocycles. The lowest BCUT2D eigenvalue weighted by Crippen LogP contribution is -2.30. The zero-order valence-corrected chi connectivity index (χ0v) is 7.97. The fourth-order valence-corrected chi connectivity index (χ4v) is 0.834. The van der Waals surface area contributed by atoms with Crippen molar-refractivity contribution >= 4 is 5.97 Å². The molecule has 0 fully saturated rings. The van der Waals surface area contributed by atoms with Gasteiger partial charge in [-0.15, -0.1) is 0 Å². The maximum Gasteiger partial charge on any atom is 0.328 e. The highest BCUT2D eigenvalue weighted by Gasteiger charge is 2.17. The van der Waals surface area contributed by atoms with Crippen LogP contribution in [0.25, 0.3) is 0 Å². The molecule has 0 aliphatic rings. The lowest BCUT2D eigenvalue weighted by atomic mass is 10.2. The third kappa shape index (κ3) is 2.29. The first-order chi connectivity index (χ1) is 6.93. The van der Waals surface area contributed by atoms with E-state index in [0.29, 0.717) is 0 Å². The summed E-state index contributed by atoms with van der Waals surface area (Å²) >= 11 is 0. The Hall–Kier alpha value is -1.95. The number of ether oxygens (including phenoxy) is 1. The van der Waals surface area contributed by atoms with Crippen LogP contribution in [0.15, 0.2) is 12.1 Å². The van der Waals surface area contributed by atoms with Gasteiger partial charge in [-0.2, -0.15) is 0 Å². The minimum absolute atomic E-state index is 0.257. The van der Waals surface area contributed by atoms with E-state index in [1.807, 2.05) is 0 Å². The summed E-state index contributed by atoms with van der Waals surface area (Å²) in [5.74, 6) is -2.97. The second-order valence-electron chi connectivity index (χ2n) is 2.99. The van der Waals surface area contributed by atoms with Gasteiger partial charge in [0.05, 0.1) is 0 Å². The maximum atomic E-state index is 11.1. The first kappa shape index (κ1) is 11.1. The molecule has 6 heteroatoms. The van der Waals surface area contributed by atoms with Crippen LogP contribution >= 0.6 is 0 Å². The number of aromatic hydroxyl groups is 3. The third-order valence-corrected chi connectivity index (χ3v) is 1.68. The molecule has 0 aliphatic carbocycles. The highest BCUT2D eigenvalue weighted by Crippen LogP contribution is 2.41. The molecular formula is C9H11NO5. The van der Waals surface area contributed by atoms with E-state index in [9.17, 15) is 9.90 Å². The zero-order chi connectivity index (χ0) is 11.6. The van der Waals surface area contributed by atoms with E-state index in [1.54, 1.807) is 0 Å². The van der Waals surface area contributed by atoms with Crippen LogP contribution in [0.4, 0.5) is 0 Å². The number of carbonyl (C=O) groups is 1. The van der Waals surface area contributed by atoms with Crippen molar-refractivity contribution < 1.29 is 24.9 Å². The van der Waals surface area contributed by atoms with E-state index >= 15 is 0 Å². The van der Waals surface area contributed by atoms with Gasteiger partial charge in [-0.05, 0) is 19.1 Å². The van der Waals surface area contributed by atoms with Crippen LogP contribution in [0.1, 0.15) is 6.92 Å². The Balaban J connectivity index is 2.97. The van der Waals surface area contributed by atoms with Crippen LogP contribution in [-0.4, -0.2) is 27.3 Å².